The molecule has 1 aliphatic carbocycles. The number of hydrogen-bond donors (Lipinski definition) is 1. The maximum absolute atomic E-state index is 11.3. The van der Waals surface area contributed by atoms with Crippen LogP contribution in [-0.4, -0.2) is 28.6 Å². The highest BCUT2D eigenvalue weighted by Crippen LogP contribution is 2.40. The van der Waals surface area contributed by atoms with Crippen LogP contribution < -0.4 is 0 Å². The average Bonchev–Trinajstić information content (AvgIpc) is 2.77. The molecule has 1 aromatic carbocycles. The second-order valence-electron chi connectivity index (χ2n) is 7.03. The predicted molar refractivity (Wildman–Crippen MR) is 78.9 cm³/mol. The summed E-state index contributed by atoms with van der Waals surface area (Å²) in [6.07, 6.45) is 4.72. The maximum Gasteiger partial charge on any atom is 0.335 e. The molecule has 1 unspecified atom stereocenters. The summed E-state index contributed by atoms with van der Waals surface area (Å²) >= 11 is 0. The summed E-state index contributed by atoms with van der Waals surface area (Å²) in [7, 11) is 0. The predicted octanol–water partition coefficient (Wildman–Crippen LogP) is 3.32. The van der Waals surface area contributed by atoms with E-state index in [9.17, 15) is 9.90 Å². The number of rotatable bonds is 2. The molecule has 3 heteroatoms. The van der Waals surface area contributed by atoms with E-state index >= 15 is 0 Å². The lowest BCUT2D eigenvalue weighted by atomic mass is 9.90. The van der Waals surface area contributed by atoms with Crippen molar-refractivity contribution in [2.24, 2.45) is 5.41 Å². The highest BCUT2D eigenvalue weighted by molar-refractivity contribution is 5.89. The van der Waals surface area contributed by atoms with Gasteiger partial charge in [0.25, 0.3) is 0 Å². The molecule has 1 saturated carbocycles. The van der Waals surface area contributed by atoms with Crippen LogP contribution in [0, 0.1) is 5.41 Å². The summed E-state index contributed by atoms with van der Waals surface area (Å²) in [6, 6.07) is 6.38. The Bertz CT molecular complexity index is 536. The Kier molecular flexibility index (Phi) is 3.33. The van der Waals surface area contributed by atoms with E-state index in [-0.39, 0.29) is 0 Å². The van der Waals surface area contributed by atoms with Crippen molar-refractivity contribution in [1.82, 2.24) is 4.90 Å². The van der Waals surface area contributed by atoms with E-state index in [4.69, 9.17) is 0 Å². The van der Waals surface area contributed by atoms with Crippen molar-refractivity contribution in [3.05, 3.63) is 34.9 Å². The average molecular weight is 273 g/mol. The van der Waals surface area contributed by atoms with Crippen LogP contribution in [0.1, 0.15) is 54.6 Å². The highest BCUT2D eigenvalue weighted by Gasteiger charge is 2.35. The fraction of sp³-hybridized carbons (Fsp3) is 0.588. The van der Waals surface area contributed by atoms with Gasteiger partial charge in [0.15, 0.2) is 0 Å². The first kappa shape index (κ1) is 13.6. The zero-order chi connectivity index (χ0) is 14.3. The molecule has 0 spiro atoms. The van der Waals surface area contributed by atoms with E-state index in [0.717, 1.165) is 25.1 Å². The van der Waals surface area contributed by atoms with Gasteiger partial charge in [0.05, 0.1) is 5.56 Å². The zero-order valence-corrected chi connectivity index (χ0v) is 12.4. The van der Waals surface area contributed by atoms with Crippen molar-refractivity contribution in [3.8, 4) is 0 Å². The lowest BCUT2D eigenvalue weighted by Crippen LogP contribution is -2.38. The molecule has 108 valence electrons. The lowest BCUT2D eigenvalue weighted by molar-refractivity contribution is 0.0694. The minimum absolute atomic E-state index is 0.466. The second kappa shape index (κ2) is 4.88. The molecule has 1 aliphatic heterocycles. The van der Waals surface area contributed by atoms with Gasteiger partial charge < -0.3 is 5.11 Å². The number of hydrogen-bond acceptors (Lipinski definition) is 2. The van der Waals surface area contributed by atoms with Crippen LogP contribution in [0.25, 0.3) is 0 Å². The largest absolute Gasteiger partial charge is 0.478 e. The van der Waals surface area contributed by atoms with Gasteiger partial charge in [-0.2, -0.15) is 0 Å². The van der Waals surface area contributed by atoms with E-state index in [1.165, 1.54) is 24.8 Å². The van der Waals surface area contributed by atoms with E-state index < -0.39 is 5.97 Å². The Balaban J connectivity index is 1.80. The third-order valence-electron chi connectivity index (χ3n) is 4.98. The van der Waals surface area contributed by atoms with Crippen LogP contribution in [0.5, 0.6) is 0 Å². The van der Waals surface area contributed by atoms with Gasteiger partial charge in [-0.15, -0.1) is 0 Å². The molecular formula is C17H23NO2. The van der Waals surface area contributed by atoms with E-state index in [1.807, 2.05) is 6.07 Å². The minimum Gasteiger partial charge on any atom is -0.478 e. The van der Waals surface area contributed by atoms with E-state index in [0.29, 0.717) is 17.0 Å². The first-order chi connectivity index (χ1) is 9.46. The molecule has 3 nitrogen and oxygen atoms in total. The second-order valence-corrected chi connectivity index (χ2v) is 7.03. The Morgan fingerprint density at radius 1 is 1.40 bits per heavy atom. The summed E-state index contributed by atoms with van der Waals surface area (Å²) in [6.45, 7) is 6.62. The van der Waals surface area contributed by atoms with Crippen LogP contribution in [0.4, 0.5) is 0 Å². The van der Waals surface area contributed by atoms with Gasteiger partial charge in [-0.3, -0.25) is 4.90 Å². The maximum atomic E-state index is 11.3. The fourth-order valence-corrected chi connectivity index (χ4v) is 3.85. The smallest absolute Gasteiger partial charge is 0.335 e. The Hall–Kier alpha value is -1.35. The first-order valence-corrected chi connectivity index (χ1v) is 7.54. The van der Waals surface area contributed by atoms with Crippen LogP contribution in [-0.2, 0) is 13.0 Å². The SMILES string of the molecule is CC1(C)CCC(N2CCc3c(cccc3C(=O)O)C2)C1. The monoisotopic (exact) mass is 273 g/mol. The van der Waals surface area contributed by atoms with Gasteiger partial charge in [0, 0.05) is 19.1 Å². The number of carbonyl (C=O) groups is 1. The fourth-order valence-electron chi connectivity index (χ4n) is 3.85. The van der Waals surface area contributed by atoms with Gasteiger partial charge in [-0.1, -0.05) is 26.0 Å². The first-order valence-electron chi connectivity index (χ1n) is 7.54. The molecule has 0 saturated heterocycles. The van der Waals surface area contributed by atoms with Gasteiger partial charge in [0.2, 0.25) is 0 Å². The van der Waals surface area contributed by atoms with Crippen molar-refractivity contribution < 1.29 is 9.90 Å². The molecule has 1 atom stereocenters. The normalized spacial score (nSPS) is 25.4. The van der Waals surface area contributed by atoms with Gasteiger partial charge in [-0.25, -0.2) is 4.79 Å². The van der Waals surface area contributed by atoms with Crippen molar-refractivity contribution in [1.29, 1.82) is 0 Å². The number of carboxylic acid groups (broad SMARTS) is 1. The standard InChI is InChI=1S/C17H23NO2/c1-17(2)8-6-13(10-17)18-9-7-14-12(11-18)4-3-5-15(14)16(19)20/h3-5,13H,6-11H2,1-2H3,(H,19,20). The molecule has 0 amide bonds. The summed E-state index contributed by atoms with van der Waals surface area (Å²) in [5, 5.41) is 9.27. The molecule has 1 N–H and O–H groups in total. The van der Waals surface area contributed by atoms with Crippen molar-refractivity contribution in [2.45, 2.75) is 52.1 Å². The lowest BCUT2D eigenvalue weighted by Gasteiger charge is -2.34. The summed E-state index contributed by atoms with van der Waals surface area (Å²) < 4.78 is 0. The quantitative estimate of drug-likeness (QED) is 0.898. The highest BCUT2D eigenvalue weighted by atomic mass is 16.4. The van der Waals surface area contributed by atoms with Gasteiger partial charge >= 0.3 is 5.97 Å². The minimum atomic E-state index is -0.794. The van der Waals surface area contributed by atoms with Gasteiger partial charge in [-0.05, 0) is 48.3 Å². The van der Waals surface area contributed by atoms with Crippen LogP contribution in [0.2, 0.25) is 0 Å². The molecular weight excluding hydrogens is 250 g/mol. The van der Waals surface area contributed by atoms with E-state index in [2.05, 4.69) is 24.8 Å². The van der Waals surface area contributed by atoms with Gasteiger partial charge in [0.1, 0.15) is 0 Å². The Morgan fingerprint density at radius 2 is 2.20 bits per heavy atom. The molecule has 0 radical (unpaired) electrons. The molecule has 20 heavy (non-hydrogen) atoms. The van der Waals surface area contributed by atoms with Crippen LogP contribution in [0.3, 0.4) is 0 Å². The zero-order valence-electron chi connectivity index (χ0n) is 12.4. The van der Waals surface area contributed by atoms with Crippen molar-refractivity contribution in [2.75, 3.05) is 6.54 Å². The molecule has 1 aromatic rings. The molecule has 1 heterocycles. The number of nitrogens with zero attached hydrogens (tertiary/aromatic N) is 1. The number of aromatic carboxylic acids is 1. The molecule has 0 aromatic heterocycles. The topological polar surface area (TPSA) is 40.5 Å². The Labute approximate surface area is 120 Å². The number of carboxylic acids is 1. The van der Waals surface area contributed by atoms with Crippen molar-refractivity contribution in [3.63, 3.8) is 0 Å². The summed E-state index contributed by atoms with van der Waals surface area (Å²) in [4.78, 5) is 13.8. The number of fused-ring (bicyclic) bond motifs is 1. The molecule has 0 bridgehead atoms. The van der Waals surface area contributed by atoms with Crippen LogP contribution in [0.15, 0.2) is 18.2 Å². The third-order valence-corrected chi connectivity index (χ3v) is 4.98. The van der Waals surface area contributed by atoms with Crippen molar-refractivity contribution >= 4 is 5.97 Å². The summed E-state index contributed by atoms with van der Waals surface area (Å²) in [5.41, 5.74) is 3.22. The third kappa shape index (κ3) is 2.47. The van der Waals surface area contributed by atoms with E-state index in [1.54, 1.807) is 6.07 Å². The number of benzene rings is 1. The van der Waals surface area contributed by atoms with Crippen LogP contribution >= 0.6 is 0 Å². The molecule has 1 fully saturated rings. The Morgan fingerprint density at radius 3 is 2.85 bits per heavy atom. The molecule has 2 aliphatic rings. The summed E-state index contributed by atoms with van der Waals surface area (Å²) in [5.74, 6) is -0.794. The molecule has 3 rings (SSSR count).